The number of halogens is 4. The third-order valence-corrected chi connectivity index (χ3v) is 8.02. The highest BCUT2D eigenvalue weighted by atomic mass is 19.4. The van der Waals surface area contributed by atoms with E-state index in [4.69, 9.17) is 14.6 Å². The van der Waals surface area contributed by atoms with Crippen molar-refractivity contribution in [3.8, 4) is 0 Å². The molecule has 1 aromatic heterocycles. The van der Waals surface area contributed by atoms with Gasteiger partial charge in [-0.1, -0.05) is 18.6 Å². The summed E-state index contributed by atoms with van der Waals surface area (Å²) in [6.45, 7) is 0.0172. The Labute approximate surface area is 233 Å². The van der Waals surface area contributed by atoms with Crippen LogP contribution in [0.25, 0.3) is 0 Å². The van der Waals surface area contributed by atoms with E-state index in [-0.39, 0.29) is 49.7 Å². The number of nitrogens with zero attached hydrogens (tertiary/aromatic N) is 4. The Balaban J connectivity index is 0.00000108. The number of carbonyl (C=O) groups excluding carboxylic acids is 1. The van der Waals surface area contributed by atoms with Gasteiger partial charge in [0.05, 0.1) is 30.7 Å². The maximum atomic E-state index is 15.8. The number of carboxylic acid groups (broad SMARTS) is 1. The van der Waals surface area contributed by atoms with Crippen molar-refractivity contribution in [3.63, 3.8) is 0 Å². The highest BCUT2D eigenvalue weighted by Gasteiger charge is 2.51. The van der Waals surface area contributed by atoms with Crippen molar-refractivity contribution in [2.24, 2.45) is 7.05 Å². The van der Waals surface area contributed by atoms with Crippen molar-refractivity contribution in [2.45, 2.75) is 56.2 Å². The quantitative estimate of drug-likeness (QED) is 0.319. The summed E-state index contributed by atoms with van der Waals surface area (Å²) in [6.07, 6.45) is -1.59. The molecule has 0 bridgehead atoms. The lowest BCUT2D eigenvalue weighted by atomic mass is 9.74. The summed E-state index contributed by atoms with van der Waals surface area (Å²) < 4.78 is 64.9. The van der Waals surface area contributed by atoms with Gasteiger partial charge in [0.2, 0.25) is 0 Å². The average Bonchev–Trinajstić information content (AvgIpc) is 3.45. The van der Waals surface area contributed by atoms with E-state index in [0.29, 0.717) is 22.9 Å². The Kier molecular flexibility index (Phi) is 7.84. The first-order chi connectivity index (χ1) is 19.6. The third kappa shape index (κ3) is 5.31. The van der Waals surface area contributed by atoms with Crippen molar-refractivity contribution in [1.29, 1.82) is 0 Å². The molecule has 0 unspecified atom stereocenters. The molecule has 2 fully saturated rings. The Morgan fingerprint density at radius 1 is 1.24 bits per heavy atom. The first-order valence-corrected chi connectivity index (χ1v) is 13.1. The number of ether oxygens (including phenoxy) is 1. The maximum absolute atomic E-state index is 15.8. The molecule has 3 aromatic rings. The van der Waals surface area contributed by atoms with Gasteiger partial charge in [-0.25, -0.2) is 4.39 Å². The number of alkyl halides is 4. The SMILES string of the molecule is Cn1cnnc1[C@H](F)C1(c2cccc(N3Cc4c(cc(CNC5CCC5)cc4C(F)(F)F)C3=O)c2)COC1.O=CO. The number of aromatic nitrogens is 3. The zero-order valence-corrected chi connectivity index (χ0v) is 22.2. The molecule has 2 N–H and O–H groups in total. The topological polar surface area (TPSA) is 110 Å². The summed E-state index contributed by atoms with van der Waals surface area (Å²) >= 11 is 0. The lowest BCUT2D eigenvalue weighted by molar-refractivity contribution is -0.138. The molecule has 2 aromatic carbocycles. The van der Waals surface area contributed by atoms with E-state index in [9.17, 15) is 18.0 Å². The summed E-state index contributed by atoms with van der Waals surface area (Å²) in [5, 5.41) is 17.8. The molecule has 2 aliphatic heterocycles. The zero-order chi connectivity index (χ0) is 29.4. The zero-order valence-electron chi connectivity index (χ0n) is 22.2. The van der Waals surface area contributed by atoms with Crippen LogP contribution < -0.4 is 10.2 Å². The number of nitrogens with one attached hydrogen (secondary N) is 1. The minimum atomic E-state index is -4.60. The fourth-order valence-electron chi connectivity index (χ4n) is 5.44. The molecular weight excluding hydrogens is 546 g/mol. The number of carbonyl (C=O) groups is 2. The van der Waals surface area contributed by atoms with Crippen molar-refractivity contribution < 1.29 is 37.0 Å². The Morgan fingerprint density at radius 2 is 1.98 bits per heavy atom. The number of rotatable bonds is 7. The van der Waals surface area contributed by atoms with Gasteiger partial charge in [0.1, 0.15) is 6.33 Å². The minimum Gasteiger partial charge on any atom is -0.483 e. The lowest BCUT2D eigenvalue weighted by Crippen LogP contribution is -2.50. The first kappa shape index (κ1) is 28.7. The second kappa shape index (κ2) is 11.2. The van der Waals surface area contributed by atoms with E-state index in [1.54, 1.807) is 37.4 Å². The summed E-state index contributed by atoms with van der Waals surface area (Å²) in [7, 11) is 1.65. The normalized spacial score (nSPS) is 18.6. The number of anilines is 1. The summed E-state index contributed by atoms with van der Waals surface area (Å²) in [5.41, 5.74) is -0.387. The maximum Gasteiger partial charge on any atom is 0.416 e. The number of amides is 1. The molecule has 0 radical (unpaired) electrons. The molecule has 1 atom stereocenters. The molecule has 13 heteroatoms. The Hall–Kier alpha value is -3.84. The van der Waals surface area contributed by atoms with Gasteiger partial charge in [-0.15, -0.1) is 10.2 Å². The van der Waals surface area contributed by atoms with Crippen LogP contribution in [0.2, 0.25) is 0 Å². The molecule has 1 saturated heterocycles. The van der Waals surface area contributed by atoms with Crippen LogP contribution in [0.3, 0.4) is 0 Å². The molecule has 9 nitrogen and oxygen atoms in total. The molecule has 0 spiro atoms. The van der Waals surface area contributed by atoms with Crippen molar-refractivity contribution in [2.75, 3.05) is 18.1 Å². The fraction of sp³-hybridized carbons (Fsp3) is 0.429. The van der Waals surface area contributed by atoms with E-state index in [1.165, 1.54) is 15.8 Å². The van der Waals surface area contributed by atoms with Gasteiger partial charge < -0.3 is 24.6 Å². The molecule has 1 aliphatic carbocycles. The van der Waals surface area contributed by atoms with Crippen LogP contribution in [0.4, 0.5) is 23.2 Å². The molecule has 3 heterocycles. The second-order valence-corrected chi connectivity index (χ2v) is 10.5. The van der Waals surface area contributed by atoms with E-state index < -0.39 is 29.2 Å². The number of benzene rings is 2. The lowest BCUT2D eigenvalue weighted by Gasteiger charge is -2.43. The van der Waals surface area contributed by atoms with Crippen LogP contribution in [-0.2, 0) is 41.3 Å². The van der Waals surface area contributed by atoms with Gasteiger partial charge >= 0.3 is 6.18 Å². The molecule has 218 valence electrons. The molecule has 41 heavy (non-hydrogen) atoms. The smallest absolute Gasteiger partial charge is 0.416 e. The van der Waals surface area contributed by atoms with Gasteiger partial charge in [-0.2, -0.15) is 13.2 Å². The summed E-state index contributed by atoms with van der Waals surface area (Å²) in [6, 6.07) is 9.76. The van der Waals surface area contributed by atoms with Crippen LogP contribution in [-0.4, -0.2) is 51.5 Å². The number of hydrogen-bond acceptors (Lipinski definition) is 6. The van der Waals surface area contributed by atoms with Gasteiger partial charge in [-0.05, 0) is 53.8 Å². The molecule has 1 saturated carbocycles. The van der Waals surface area contributed by atoms with Crippen LogP contribution in [0.1, 0.15) is 63.9 Å². The van der Waals surface area contributed by atoms with Gasteiger partial charge in [0.25, 0.3) is 12.4 Å². The number of fused-ring (bicyclic) bond motifs is 1. The van der Waals surface area contributed by atoms with Gasteiger partial charge in [-0.3, -0.25) is 9.59 Å². The summed E-state index contributed by atoms with van der Waals surface area (Å²) in [5.74, 6) is -0.349. The molecule has 3 aliphatic rings. The van der Waals surface area contributed by atoms with Crippen LogP contribution in [0.5, 0.6) is 0 Å². The predicted octanol–water partition coefficient (Wildman–Crippen LogP) is 4.32. The van der Waals surface area contributed by atoms with Crippen LogP contribution >= 0.6 is 0 Å². The Bertz CT molecular complexity index is 1440. The highest BCUT2D eigenvalue weighted by Crippen LogP contribution is 2.46. The van der Waals surface area contributed by atoms with Crippen molar-refractivity contribution in [3.05, 3.63) is 76.4 Å². The van der Waals surface area contributed by atoms with Crippen LogP contribution in [0, 0.1) is 0 Å². The van der Waals surface area contributed by atoms with E-state index >= 15 is 4.39 Å². The van der Waals surface area contributed by atoms with E-state index in [0.717, 1.165) is 25.3 Å². The first-order valence-electron chi connectivity index (χ1n) is 13.1. The molecule has 1 amide bonds. The molecular formula is C28H29F4N5O4. The largest absolute Gasteiger partial charge is 0.483 e. The number of hydrogen-bond donors (Lipinski definition) is 2. The standard InChI is InChI=1S/C27H27F4N5O2.CH2O2/c1-35-15-33-34-24(35)23(28)26(13-38-14-26)17-4-2-7-19(10-17)36-12-21-20(25(36)37)8-16(9-22(21)27(29,30)31)11-32-18-5-3-6-18;2-1-3/h2,4,7-10,15,18,23,32H,3,5-6,11-14H2,1H3;1H,(H,2,3)/t23-;/m0./s1. The second-order valence-electron chi connectivity index (χ2n) is 10.5. The van der Waals surface area contributed by atoms with Crippen LogP contribution in [0.15, 0.2) is 42.7 Å². The fourth-order valence-corrected chi connectivity index (χ4v) is 5.44. The van der Waals surface area contributed by atoms with Gasteiger partial charge in [0.15, 0.2) is 12.0 Å². The average molecular weight is 576 g/mol. The van der Waals surface area contributed by atoms with E-state index in [1.807, 2.05) is 0 Å². The minimum absolute atomic E-state index is 0.0376. The highest BCUT2D eigenvalue weighted by molar-refractivity contribution is 6.10. The van der Waals surface area contributed by atoms with Crippen molar-refractivity contribution >= 4 is 18.1 Å². The third-order valence-electron chi connectivity index (χ3n) is 8.02. The predicted molar refractivity (Wildman–Crippen MR) is 139 cm³/mol. The summed E-state index contributed by atoms with van der Waals surface area (Å²) in [4.78, 5) is 23.2. The van der Waals surface area contributed by atoms with Crippen molar-refractivity contribution in [1.82, 2.24) is 20.1 Å². The van der Waals surface area contributed by atoms with E-state index in [2.05, 4.69) is 15.5 Å². The Morgan fingerprint density at radius 3 is 2.54 bits per heavy atom. The number of aryl methyl sites for hydroxylation is 1. The molecule has 6 rings (SSSR count). The van der Waals surface area contributed by atoms with Gasteiger partial charge in [0, 0.05) is 30.9 Å². The monoisotopic (exact) mass is 575 g/mol.